The number of hydrogen-bond donors (Lipinski definition) is 2. The number of aromatic nitrogens is 2. The minimum atomic E-state index is -0.370. The Morgan fingerprint density at radius 1 is 1.23 bits per heavy atom. The minimum absolute atomic E-state index is 0.0143. The number of fused-ring (bicyclic) bond motifs is 1. The van der Waals surface area contributed by atoms with Gasteiger partial charge < -0.3 is 10.4 Å². The van der Waals surface area contributed by atoms with E-state index in [0.29, 0.717) is 17.7 Å². The van der Waals surface area contributed by atoms with Gasteiger partial charge in [0.15, 0.2) is 0 Å². The molecule has 138 valence electrons. The first-order chi connectivity index (χ1) is 12.6. The number of halogens is 1. The Hall–Kier alpha value is -2.05. The lowest BCUT2D eigenvalue weighted by molar-refractivity contribution is 0.0735. The third-order valence-electron chi connectivity index (χ3n) is 5.81. The highest BCUT2D eigenvalue weighted by Gasteiger charge is 2.41. The number of aryl methyl sites for hydroxylation is 1. The molecule has 2 aromatic rings. The summed E-state index contributed by atoms with van der Waals surface area (Å²) >= 11 is 0. The van der Waals surface area contributed by atoms with Gasteiger partial charge in [-0.15, -0.1) is 0 Å². The first kappa shape index (κ1) is 17.4. The van der Waals surface area contributed by atoms with Crippen LogP contribution in [0.1, 0.15) is 24.0 Å². The van der Waals surface area contributed by atoms with Gasteiger partial charge in [0, 0.05) is 32.0 Å². The summed E-state index contributed by atoms with van der Waals surface area (Å²) in [5, 5.41) is 13.9. The third-order valence-corrected chi connectivity index (χ3v) is 5.81. The van der Waals surface area contributed by atoms with Crippen LogP contribution in [0, 0.1) is 24.6 Å². The van der Waals surface area contributed by atoms with Gasteiger partial charge in [-0.2, -0.15) is 0 Å². The highest BCUT2D eigenvalue weighted by Crippen LogP contribution is 2.38. The highest BCUT2D eigenvalue weighted by molar-refractivity contribution is 5.32. The summed E-state index contributed by atoms with van der Waals surface area (Å²) in [4.78, 5) is 10.8. The fraction of sp³-hybridized carbons (Fsp3) is 0.500. The lowest BCUT2D eigenvalue weighted by Crippen LogP contribution is -2.43. The molecule has 2 heterocycles. The first-order valence-electron chi connectivity index (χ1n) is 9.26. The van der Waals surface area contributed by atoms with E-state index >= 15 is 0 Å². The van der Waals surface area contributed by atoms with Crippen LogP contribution in [0.2, 0.25) is 0 Å². The van der Waals surface area contributed by atoms with Crippen molar-refractivity contribution >= 4 is 5.82 Å². The molecule has 1 saturated heterocycles. The van der Waals surface area contributed by atoms with Gasteiger partial charge in [0.05, 0.1) is 18.3 Å². The highest BCUT2D eigenvalue weighted by atomic mass is 19.1. The number of nitrogens with zero attached hydrogens (tertiary/aromatic N) is 3. The molecule has 1 saturated carbocycles. The average molecular weight is 356 g/mol. The van der Waals surface area contributed by atoms with Gasteiger partial charge in [-0.05, 0) is 54.9 Å². The van der Waals surface area contributed by atoms with Crippen molar-refractivity contribution in [1.29, 1.82) is 0 Å². The zero-order valence-electron chi connectivity index (χ0n) is 15.0. The number of anilines is 1. The van der Waals surface area contributed by atoms with Crippen molar-refractivity contribution in [3.8, 4) is 0 Å². The van der Waals surface area contributed by atoms with Crippen molar-refractivity contribution < 1.29 is 9.50 Å². The second-order valence-corrected chi connectivity index (χ2v) is 7.67. The average Bonchev–Trinajstić information content (AvgIpc) is 3.00. The second-order valence-electron chi connectivity index (χ2n) is 7.67. The summed E-state index contributed by atoms with van der Waals surface area (Å²) in [6, 6.07) is 5.04. The van der Waals surface area contributed by atoms with E-state index < -0.39 is 0 Å². The molecule has 2 fully saturated rings. The Balaban J connectivity index is 1.39. The quantitative estimate of drug-likeness (QED) is 0.882. The SMILES string of the molecule is Cc1cc(F)ccc1CN1C[C@H]2C[C@@H](Nc3cnccn3)[C@H](O)C[C@H]2C1. The van der Waals surface area contributed by atoms with E-state index in [4.69, 9.17) is 0 Å². The van der Waals surface area contributed by atoms with E-state index in [0.717, 1.165) is 38.0 Å². The Morgan fingerprint density at radius 2 is 2.04 bits per heavy atom. The molecule has 1 aromatic carbocycles. The summed E-state index contributed by atoms with van der Waals surface area (Å²) in [7, 11) is 0. The van der Waals surface area contributed by atoms with Crippen LogP contribution in [-0.2, 0) is 6.54 Å². The molecule has 4 rings (SSSR count). The predicted octanol–water partition coefficient (Wildman–Crippen LogP) is 2.61. The van der Waals surface area contributed by atoms with Crippen molar-refractivity contribution in [2.45, 2.75) is 38.5 Å². The molecule has 1 aliphatic carbocycles. The van der Waals surface area contributed by atoms with E-state index in [1.165, 1.54) is 11.6 Å². The molecular formula is C20H25FN4O. The Kier molecular flexibility index (Phi) is 4.87. The fourth-order valence-corrected chi connectivity index (χ4v) is 4.45. The number of hydrogen-bond acceptors (Lipinski definition) is 5. The van der Waals surface area contributed by atoms with Crippen molar-refractivity contribution in [2.24, 2.45) is 11.8 Å². The zero-order chi connectivity index (χ0) is 18.1. The predicted molar refractivity (Wildman–Crippen MR) is 98.1 cm³/mol. The van der Waals surface area contributed by atoms with Gasteiger partial charge in [-0.3, -0.25) is 9.88 Å². The Bertz CT molecular complexity index is 757. The molecule has 2 aliphatic rings. The van der Waals surface area contributed by atoms with Gasteiger partial charge in [-0.25, -0.2) is 9.37 Å². The van der Waals surface area contributed by atoms with Crippen LogP contribution in [0.4, 0.5) is 10.2 Å². The normalized spacial score (nSPS) is 28.7. The summed E-state index contributed by atoms with van der Waals surface area (Å²) in [6.07, 6.45) is 6.36. The molecule has 1 aromatic heterocycles. The molecule has 5 nitrogen and oxygen atoms in total. The molecular weight excluding hydrogens is 331 g/mol. The topological polar surface area (TPSA) is 61.3 Å². The van der Waals surface area contributed by atoms with E-state index in [2.05, 4.69) is 20.2 Å². The molecule has 0 spiro atoms. The van der Waals surface area contributed by atoms with Crippen LogP contribution < -0.4 is 5.32 Å². The lowest BCUT2D eigenvalue weighted by atomic mass is 9.77. The van der Waals surface area contributed by atoms with E-state index in [-0.39, 0.29) is 18.0 Å². The molecule has 1 aliphatic heterocycles. The maximum atomic E-state index is 13.3. The van der Waals surface area contributed by atoms with E-state index in [9.17, 15) is 9.50 Å². The van der Waals surface area contributed by atoms with Crippen LogP contribution >= 0.6 is 0 Å². The van der Waals surface area contributed by atoms with Crippen molar-refractivity contribution in [3.05, 3.63) is 53.7 Å². The number of aliphatic hydroxyl groups is 1. The van der Waals surface area contributed by atoms with Gasteiger partial charge in [0.25, 0.3) is 0 Å². The number of rotatable bonds is 4. The smallest absolute Gasteiger partial charge is 0.144 e. The molecule has 6 heteroatoms. The summed E-state index contributed by atoms with van der Waals surface area (Å²) in [5.41, 5.74) is 2.18. The van der Waals surface area contributed by atoms with Gasteiger partial charge >= 0.3 is 0 Å². The molecule has 26 heavy (non-hydrogen) atoms. The van der Waals surface area contributed by atoms with Crippen LogP contribution in [-0.4, -0.2) is 45.2 Å². The van der Waals surface area contributed by atoms with Crippen molar-refractivity contribution in [2.75, 3.05) is 18.4 Å². The van der Waals surface area contributed by atoms with E-state index in [1.54, 1.807) is 24.7 Å². The van der Waals surface area contributed by atoms with Crippen molar-refractivity contribution in [1.82, 2.24) is 14.9 Å². The summed E-state index contributed by atoms with van der Waals surface area (Å²) in [6.45, 7) is 4.83. The number of nitrogens with one attached hydrogen (secondary N) is 1. The van der Waals surface area contributed by atoms with Crippen LogP contribution in [0.15, 0.2) is 36.8 Å². The zero-order valence-corrected chi connectivity index (χ0v) is 15.0. The maximum Gasteiger partial charge on any atom is 0.144 e. The third kappa shape index (κ3) is 3.71. The standard InChI is InChI=1S/C20H25FN4O/c1-13-6-17(21)3-2-14(13)10-25-11-15-7-18(19(26)8-16(15)12-25)24-20-9-22-4-5-23-20/h2-6,9,15-16,18-19,26H,7-8,10-12H2,1H3,(H,23,24)/t15-,16+,18-,19-/m1/s1. The van der Waals surface area contributed by atoms with Gasteiger partial charge in [0.2, 0.25) is 0 Å². The molecule has 4 atom stereocenters. The van der Waals surface area contributed by atoms with Crippen LogP contribution in [0.25, 0.3) is 0 Å². The van der Waals surface area contributed by atoms with Crippen LogP contribution in [0.3, 0.4) is 0 Å². The molecule has 0 radical (unpaired) electrons. The van der Waals surface area contributed by atoms with Gasteiger partial charge in [0.1, 0.15) is 11.6 Å². The Morgan fingerprint density at radius 3 is 2.77 bits per heavy atom. The Labute approximate surface area is 153 Å². The summed E-state index contributed by atoms with van der Waals surface area (Å²) in [5.74, 6) is 1.62. The number of aliphatic hydroxyl groups excluding tert-OH is 1. The number of likely N-dealkylation sites (tertiary alicyclic amines) is 1. The number of benzene rings is 1. The minimum Gasteiger partial charge on any atom is -0.391 e. The molecule has 0 bridgehead atoms. The van der Waals surface area contributed by atoms with Crippen molar-refractivity contribution in [3.63, 3.8) is 0 Å². The fourth-order valence-electron chi connectivity index (χ4n) is 4.45. The molecule has 0 amide bonds. The second kappa shape index (κ2) is 7.29. The van der Waals surface area contributed by atoms with Crippen LogP contribution in [0.5, 0.6) is 0 Å². The lowest BCUT2D eigenvalue weighted by Gasteiger charge is -2.35. The molecule has 0 unspecified atom stereocenters. The first-order valence-corrected chi connectivity index (χ1v) is 9.26. The largest absolute Gasteiger partial charge is 0.391 e. The summed E-state index contributed by atoms with van der Waals surface area (Å²) < 4.78 is 13.3. The van der Waals surface area contributed by atoms with E-state index in [1.807, 2.05) is 13.0 Å². The van der Waals surface area contributed by atoms with Gasteiger partial charge in [-0.1, -0.05) is 6.07 Å². The monoisotopic (exact) mass is 356 g/mol. The molecule has 2 N–H and O–H groups in total. The maximum absolute atomic E-state index is 13.3.